The van der Waals surface area contributed by atoms with Crippen LogP contribution in [0.15, 0.2) is 42.5 Å². The van der Waals surface area contributed by atoms with Gasteiger partial charge in [-0.25, -0.2) is 9.18 Å². The van der Waals surface area contributed by atoms with Gasteiger partial charge in [0.2, 0.25) is 0 Å². The van der Waals surface area contributed by atoms with E-state index < -0.39 is 23.8 Å². The molecule has 0 radical (unpaired) electrons. The zero-order valence-corrected chi connectivity index (χ0v) is 14.5. The van der Waals surface area contributed by atoms with Gasteiger partial charge in [-0.1, -0.05) is 12.1 Å². The van der Waals surface area contributed by atoms with Crippen LogP contribution in [-0.2, 0) is 9.53 Å². The van der Waals surface area contributed by atoms with Crippen molar-refractivity contribution in [2.24, 2.45) is 0 Å². The van der Waals surface area contributed by atoms with Gasteiger partial charge in [-0.05, 0) is 44.2 Å². The van der Waals surface area contributed by atoms with E-state index in [-0.39, 0.29) is 17.1 Å². The summed E-state index contributed by atoms with van der Waals surface area (Å²) >= 11 is 0. The SMILES string of the molecule is COc1ccc(C(=O)OC(C)C(=O)Nc2ccccc2C(C)=O)cc1F. The first-order chi connectivity index (χ1) is 12.3. The van der Waals surface area contributed by atoms with Gasteiger partial charge < -0.3 is 14.8 Å². The third-order valence-corrected chi connectivity index (χ3v) is 3.60. The van der Waals surface area contributed by atoms with Crippen LogP contribution in [0.3, 0.4) is 0 Å². The van der Waals surface area contributed by atoms with E-state index in [2.05, 4.69) is 5.32 Å². The molecule has 2 aromatic rings. The van der Waals surface area contributed by atoms with Crippen molar-refractivity contribution in [2.45, 2.75) is 20.0 Å². The number of ether oxygens (including phenoxy) is 2. The van der Waals surface area contributed by atoms with E-state index in [1.165, 1.54) is 33.1 Å². The molecule has 0 aromatic heterocycles. The van der Waals surface area contributed by atoms with Gasteiger partial charge in [0.25, 0.3) is 5.91 Å². The van der Waals surface area contributed by atoms with Gasteiger partial charge in [0.05, 0.1) is 18.4 Å². The maximum Gasteiger partial charge on any atom is 0.339 e. The van der Waals surface area contributed by atoms with E-state index in [1.807, 2.05) is 0 Å². The molecule has 1 unspecified atom stereocenters. The first kappa shape index (κ1) is 19.1. The molecule has 2 rings (SSSR count). The van der Waals surface area contributed by atoms with Gasteiger partial charge in [-0.2, -0.15) is 0 Å². The van der Waals surface area contributed by atoms with E-state index in [0.717, 1.165) is 6.07 Å². The highest BCUT2D eigenvalue weighted by Gasteiger charge is 2.21. The molecular formula is C19H18FNO5. The molecule has 26 heavy (non-hydrogen) atoms. The molecule has 0 aliphatic rings. The number of Topliss-reactive ketones (excluding diaryl/α,β-unsaturated/α-hetero) is 1. The van der Waals surface area contributed by atoms with Crippen LogP contribution in [0.2, 0.25) is 0 Å². The van der Waals surface area contributed by atoms with Crippen molar-refractivity contribution in [3.8, 4) is 5.75 Å². The molecule has 0 spiro atoms. The van der Waals surface area contributed by atoms with E-state index in [4.69, 9.17) is 9.47 Å². The Morgan fingerprint density at radius 3 is 2.42 bits per heavy atom. The molecule has 6 nitrogen and oxygen atoms in total. The fourth-order valence-corrected chi connectivity index (χ4v) is 2.21. The van der Waals surface area contributed by atoms with Crippen molar-refractivity contribution in [1.82, 2.24) is 0 Å². The number of methoxy groups -OCH3 is 1. The summed E-state index contributed by atoms with van der Waals surface area (Å²) in [7, 11) is 1.31. The predicted octanol–water partition coefficient (Wildman–Crippen LogP) is 3.22. The Kier molecular flexibility index (Phi) is 6.06. The van der Waals surface area contributed by atoms with Crippen LogP contribution in [-0.4, -0.2) is 30.9 Å². The highest BCUT2D eigenvalue weighted by Crippen LogP contribution is 2.19. The fraction of sp³-hybridized carbons (Fsp3) is 0.211. The van der Waals surface area contributed by atoms with Crippen LogP contribution in [0.4, 0.5) is 10.1 Å². The number of carbonyl (C=O) groups excluding carboxylic acids is 3. The monoisotopic (exact) mass is 359 g/mol. The van der Waals surface area contributed by atoms with E-state index in [0.29, 0.717) is 11.3 Å². The van der Waals surface area contributed by atoms with Crippen molar-refractivity contribution in [2.75, 3.05) is 12.4 Å². The lowest BCUT2D eigenvalue weighted by molar-refractivity contribution is -0.123. The predicted molar refractivity (Wildman–Crippen MR) is 92.9 cm³/mol. The molecule has 1 amide bonds. The van der Waals surface area contributed by atoms with Crippen molar-refractivity contribution >= 4 is 23.3 Å². The highest BCUT2D eigenvalue weighted by atomic mass is 19.1. The fourth-order valence-electron chi connectivity index (χ4n) is 2.21. The second-order valence-electron chi connectivity index (χ2n) is 5.49. The van der Waals surface area contributed by atoms with Crippen molar-refractivity contribution in [3.05, 3.63) is 59.4 Å². The van der Waals surface area contributed by atoms with Gasteiger partial charge in [0.15, 0.2) is 23.5 Å². The molecule has 0 saturated carbocycles. The van der Waals surface area contributed by atoms with E-state index >= 15 is 0 Å². The molecule has 136 valence electrons. The standard InChI is InChI=1S/C19H18FNO5/c1-11(22)14-6-4-5-7-16(14)21-18(23)12(2)26-19(24)13-8-9-17(25-3)15(20)10-13/h4-10,12H,1-3H3,(H,21,23). The lowest BCUT2D eigenvalue weighted by Crippen LogP contribution is -2.30. The smallest absolute Gasteiger partial charge is 0.339 e. The average molecular weight is 359 g/mol. The van der Waals surface area contributed by atoms with Crippen molar-refractivity contribution in [3.63, 3.8) is 0 Å². The van der Waals surface area contributed by atoms with Gasteiger partial charge in [0.1, 0.15) is 0 Å². The number of hydrogen-bond acceptors (Lipinski definition) is 5. The molecule has 0 fully saturated rings. The third kappa shape index (κ3) is 4.44. The van der Waals surface area contributed by atoms with Gasteiger partial charge >= 0.3 is 5.97 Å². The van der Waals surface area contributed by atoms with Crippen LogP contribution < -0.4 is 10.1 Å². The average Bonchev–Trinajstić information content (AvgIpc) is 2.61. The first-order valence-corrected chi connectivity index (χ1v) is 7.78. The second-order valence-corrected chi connectivity index (χ2v) is 5.49. The Hall–Kier alpha value is -3.22. The summed E-state index contributed by atoms with van der Waals surface area (Å²) in [5.74, 6) is -2.39. The summed E-state index contributed by atoms with van der Waals surface area (Å²) in [6.45, 7) is 2.76. The van der Waals surface area contributed by atoms with Gasteiger partial charge in [-0.3, -0.25) is 9.59 Å². The van der Waals surface area contributed by atoms with E-state index in [1.54, 1.807) is 24.3 Å². The minimum absolute atomic E-state index is 0.00631. The second kappa shape index (κ2) is 8.24. The van der Waals surface area contributed by atoms with Crippen LogP contribution in [0.5, 0.6) is 5.75 Å². The summed E-state index contributed by atoms with van der Waals surface area (Å²) in [6.07, 6.45) is -1.15. The molecule has 0 heterocycles. The number of rotatable bonds is 6. The normalized spacial score (nSPS) is 11.4. The Morgan fingerprint density at radius 1 is 1.12 bits per heavy atom. The van der Waals surface area contributed by atoms with Crippen LogP contribution in [0.1, 0.15) is 34.6 Å². The van der Waals surface area contributed by atoms with Crippen LogP contribution in [0.25, 0.3) is 0 Å². The molecule has 1 atom stereocenters. The molecular weight excluding hydrogens is 341 g/mol. The Labute approximate surface area is 149 Å². The molecule has 0 saturated heterocycles. The zero-order chi connectivity index (χ0) is 19.3. The number of ketones is 1. The van der Waals surface area contributed by atoms with Crippen molar-refractivity contribution in [1.29, 1.82) is 0 Å². The van der Waals surface area contributed by atoms with Gasteiger partial charge in [-0.15, -0.1) is 0 Å². The molecule has 0 aliphatic carbocycles. The lowest BCUT2D eigenvalue weighted by atomic mass is 10.1. The summed E-state index contributed by atoms with van der Waals surface area (Å²) in [5, 5.41) is 2.55. The number of hydrogen-bond donors (Lipinski definition) is 1. The van der Waals surface area contributed by atoms with Crippen molar-refractivity contribution < 1.29 is 28.2 Å². The lowest BCUT2D eigenvalue weighted by Gasteiger charge is -2.15. The van der Waals surface area contributed by atoms with Crippen LogP contribution >= 0.6 is 0 Å². The topological polar surface area (TPSA) is 81.7 Å². The highest BCUT2D eigenvalue weighted by molar-refractivity contribution is 6.05. The molecule has 1 N–H and O–H groups in total. The quantitative estimate of drug-likeness (QED) is 0.633. The number of halogens is 1. The molecule has 7 heteroatoms. The number of anilines is 1. The summed E-state index contributed by atoms with van der Waals surface area (Å²) in [5.41, 5.74) is 0.618. The molecule has 0 aliphatic heterocycles. The largest absolute Gasteiger partial charge is 0.494 e. The minimum atomic E-state index is -1.15. The van der Waals surface area contributed by atoms with Crippen LogP contribution in [0, 0.1) is 5.82 Å². The first-order valence-electron chi connectivity index (χ1n) is 7.78. The number of para-hydroxylation sites is 1. The maximum absolute atomic E-state index is 13.7. The Bertz CT molecular complexity index is 850. The Morgan fingerprint density at radius 2 is 1.81 bits per heavy atom. The maximum atomic E-state index is 13.7. The molecule has 2 aromatic carbocycles. The zero-order valence-electron chi connectivity index (χ0n) is 14.5. The summed E-state index contributed by atoms with van der Waals surface area (Å²) in [4.78, 5) is 35.9. The number of benzene rings is 2. The third-order valence-electron chi connectivity index (χ3n) is 3.60. The number of amides is 1. The van der Waals surface area contributed by atoms with E-state index in [9.17, 15) is 18.8 Å². The minimum Gasteiger partial charge on any atom is -0.494 e. The number of nitrogens with one attached hydrogen (secondary N) is 1. The Balaban J connectivity index is 2.06. The molecule has 0 bridgehead atoms. The number of esters is 1. The summed E-state index contributed by atoms with van der Waals surface area (Å²) in [6, 6.07) is 10.1. The summed E-state index contributed by atoms with van der Waals surface area (Å²) < 4.78 is 23.5. The van der Waals surface area contributed by atoms with Gasteiger partial charge in [0, 0.05) is 5.56 Å². The number of carbonyl (C=O) groups is 3.